The van der Waals surface area contributed by atoms with Crippen molar-refractivity contribution in [2.24, 2.45) is 0 Å². The minimum atomic E-state index is -0.449. The van der Waals surface area contributed by atoms with Gasteiger partial charge < -0.3 is 4.74 Å². The number of pyridine rings is 1. The minimum absolute atomic E-state index is 0.0198. The molecule has 0 spiro atoms. The highest BCUT2D eigenvalue weighted by Crippen LogP contribution is 2.20. The molecule has 0 radical (unpaired) electrons. The lowest BCUT2D eigenvalue weighted by atomic mass is 10.1. The van der Waals surface area contributed by atoms with Gasteiger partial charge in [0.15, 0.2) is 0 Å². The molecule has 15 heavy (non-hydrogen) atoms. The van der Waals surface area contributed by atoms with Crippen molar-refractivity contribution >= 4 is 11.3 Å². The molecule has 1 aliphatic rings. The second-order valence-electron chi connectivity index (χ2n) is 3.21. The van der Waals surface area contributed by atoms with Crippen LogP contribution in [0.5, 0.6) is 0 Å². The topological polar surface area (TPSA) is 65.3 Å². The second kappa shape index (κ2) is 4.18. The van der Waals surface area contributed by atoms with Gasteiger partial charge in [-0.2, -0.15) is 0 Å². The fourth-order valence-corrected chi connectivity index (χ4v) is 1.44. The molecule has 5 heteroatoms. The average Bonchev–Trinajstić information content (AvgIpc) is 2.30. The van der Waals surface area contributed by atoms with Crippen LogP contribution >= 0.6 is 0 Å². The zero-order chi connectivity index (χ0) is 10.7. The van der Waals surface area contributed by atoms with Crippen LogP contribution in [0, 0.1) is 10.1 Å². The quantitative estimate of drug-likeness (QED) is 0.546. The Balaban J connectivity index is 2.23. The predicted molar refractivity (Wildman–Crippen MR) is 54.3 cm³/mol. The molecule has 1 aromatic rings. The third-order valence-corrected chi connectivity index (χ3v) is 2.25. The molecule has 2 rings (SSSR count). The Morgan fingerprint density at radius 2 is 2.33 bits per heavy atom. The molecule has 0 amide bonds. The molecule has 0 saturated carbocycles. The number of nitrogens with zero attached hydrogens (tertiary/aromatic N) is 2. The number of rotatable bonds is 2. The van der Waals surface area contributed by atoms with Crippen molar-refractivity contribution in [1.29, 1.82) is 0 Å². The summed E-state index contributed by atoms with van der Waals surface area (Å²) in [5, 5.41) is 10.4. The monoisotopic (exact) mass is 206 g/mol. The number of ether oxygens (including phenoxy) is 1. The van der Waals surface area contributed by atoms with E-state index in [1.165, 1.54) is 12.3 Å². The number of hydrogen-bond acceptors (Lipinski definition) is 4. The van der Waals surface area contributed by atoms with Crippen LogP contribution in [0.2, 0.25) is 0 Å². The number of nitro groups is 1. The van der Waals surface area contributed by atoms with Gasteiger partial charge in [-0.3, -0.25) is 10.1 Å². The van der Waals surface area contributed by atoms with Crippen molar-refractivity contribution in [3.05, 3.63) is 40.2 Å². The highest BCUT2D eigenvalue weighted by atomic mass is 16.6. The Morgan fingerprint density at radius 1 is 1.47 bits per heavy atom. The van der Waals surface area contributed by atoms with Gasteiger partial charge in [-0.05, 0) is 18.1 Å². The minimum Gasteiger partial charge on any atom is -0.377 e. The standard InChI is InChI=1S/C10H10N2O3/c13-12(14)9-1-2-10(11-7-9)8-3-5-15-6-4-8/h1-3,7H,4-6H2. The summed E-state index contributed by atoms with van der Waals surface area (Å²) in [7, 11) is 0. The first kappa shape index (κ1) is 9.79. The van der Waals surface area contributed by atoms with E-state index in [0.717, 1.165) is 17.7 Å². The average molecular weight is 206 g/mol. The third-order valence-electron chi connectivity index (χ3n) is 2.25. The molecule has 0 unspecified atom stereocenters. The van der Waals surface area contributed by atoms with Crippen LogP contribution in [0.15, 0.2) is 24.4 Å². The van der Waals surface area contributed by atoms with Gasteiger partial charge in [0, 0.05) is 6.07 Å². The molecule has 0 bridgehead atoms. The summed E-state index contributed by atoms with van der Waals surface area (Å²) in [6, 6.07) is 3.15. The second-order valence-corrected chi connectivity index (χ2v) is 3.21. The number of aromatic nitrogens is 1. The lowest BCUT2D eigenvalue weighted by Gasteiger charge is -2.12. The SMILES string of the molecule is O=[N+]([O-])c1ccc(C2=CCOCC2)nc1. The Kier molecular flexibility index (Phi) is 2.73. The zero-order valence-electron chi connectivity index (χ0n) is 8.05. The molecule has 0 fully saturated rings. The summed E-state index contributed by atoms with van der Waals surface area (Å²) in [5.41, 5.74) is 1.91. The van der Waals surface area contributed by atoms with E-state index in [1.807, 2.05) is 6.08 Å². The van der Waals surface area contributed by atoms with Gasteiger partial charge in [-0.25, -0.2) is 4.98 Å². The first-order valence-corrected chi connectivity index (χ1v) is 4.65. The summed E-state index contributed by atoms with van der Waals surface area (Å²) in [6.07, 6.45) is 4.05. The van der Waals surface area contributed by atoms with Crippen LogP contribution in [0.4, 0.5) is 5.69 Å². The Hall–Kier alpha value is -1.75. The van der Waals surface area contributed by atoms with Crippen LogP contribution in [0.25, 0.3) is 5.57 Å². The van der Waals surface area contributed by atoms with Gasteiger partial charge in [0.1, 0.15) is 6.20 Å². The fourth-order valence-electron chi connectivity index (χ4n) is 1.44. The first-order chi connectivity index (χ1) is 7.27. The van der Waals surface area contributed by atoms with Gasteiger partial charge in [0.2, 0.25) is 0 Å². The van der Waals surface area contributed by atoms with Crippen LogP contribution in [-0.2, 0) is 4.74 Å². The Bertz CT molecular complexity index is 398. The van der Waals surface area contributed by atoms with E-state index in [2.05, 4.69) is 4.98 Å². The van der Waals surface area contributed by atoms with Crippen molar-refractivity contribution in [3.8, 4) is 0 Å². The maximum atomic E-state index is 10.4. The third kappa shape index (κ3) is 2.19. The molecule has 0 aromatic carbocycles. The van der Waals surface area contributed by atoms with Gasteiger partial charge in [0.05, 0.1) is 23.8 Å². The first-order valence-electron chi connectivity index (χ1n) is 4.65. The van der Waals surface area contributed by atoms with Crippen molar-refractivity contribution in [1.82, 2.24) is 4.98 Å². The molecular formula is C10H10N2O3. The predicted octanol–water partition coefficient (Wildman–Crippen LogP) is 1.79. The summed E-state index contributed by atoms with van der Waals surface area (Å²) in [5.74, 6) is 0. The lowest BCUT2D eigenvalue weighted by Crippen LogP contribution is -2.04. The van der Waals surface area contributed by atoms with Crippen LogP contribution in [0.1, 0.15) is 12.1 Å². The molecule has 78 valence electrons. The van der Waals surface area contributed by atoms with Crippen LogP contribution in [-0.4, -0.2) is 23.1 Å². The summed E-state index contributed by atoms with van der Waals surface area (Å²) in [4.78, 5) is 14.0. The smallest absolute Gasteiger partial charge is 0.287 e. The largest absolute Gasteiger partial charge is 0.377 e. The van der Waals surface area contributed by atoms with Crippen molar-refractivity contribution < 1.29 is 9.66 Å². The Labute approximate surface area is 86.5 Å². The van der Waals surface area contributed by atoms with E-state index < -0.39 is 4.92 Å². The summed E-state index contributed by atoms with van der Waals surface area (Å²) >= 11 is 0. The molecule has 0 N–H and O–H groups in total. The molecule has 2 heterocycles. The van der Waals surface area contributed by atoms with Gasteiger partial charge in [-0.1, -0.05) is 6.08 Å². The molecule has 1 aliphatic heterocycles. The van der Waals surface area contributed by atoms with E-state index in [-0.39, 0.29) is 5.69 Å². The van der Waals surface area contributed by atoms with E-state index in [4.69, 9.17) is 4.74 Å². The van der Waals surface area contributed by atoms with Gasteiger partial charge in [-0.15, -0.1) is 0 Å². The highest BCUT2D eigenvalue weighted by Gasteiger charge is 2.10. The summed E-state index contributed by atoms with van der Waals surface area (Å²) < 4.78 is 5.17. The maximum absolute atomic E-state index is 10.4. The molecular weight excluding hydrogens is 196 g/mol. The van der Waals surface area contributed by atoms with E-state index in [0.29, 0.717) is 13.2 Å². The van der Waals surface area contributed by atoms with E-state index >= 15 is 0 Å². The zero-order valence-corrected chi connectivity index (χ0v) is 8.05. The molecule has 5 nitrogen and oxygen atoms in total. The normalized spacial score (nSPS) is 15.9. The Morgan fingerprint density at radius 3 is 2.87 bits per heavy atom. The summed E-state index contributed by atoms with van der Waals surface area (Å²) in [6.45, 7) is 1.28. The van der Waals surface area contributed by atoms with Crippen LogP contribution < -0.4 is 0 Å². The van der Waals surface area contributed by atoms with Crippen LogP contribution in [0.3, 0.4) is 0 Å². The fraction of sp³-hybridized carbons (Fsp3) is 0.300. The van der Waals surface area contributed by atoms with Gasteiger partial charge >= 0.3 is 0 Å². The van der Waals surface area contributed by atoms with Gasteiger partial charge in [0.25, 0.3) is 5.69 Å². The van der Waals surface area contributed by atoms with E-state index in [9.17, 15) is 10.1 Å². The molecule has 1 aromatic heterocycles. The lowest BCUT2D eigenvalue weighted by molar-refractivity contribution is -0.385. The molecule has 0 atom stereocenters. The molecule has 0 saturated heterocycles. The van der Waals surface area contributed by atoms with E-state index in [1.54, 1.807) is 6.07 Å². The van der Waals surface area contributed by atoms with Crippen molar-refractivity contribution in [2.75, 3.05) is 13.2 Å². The maximum Gasteiger partial charge on any atom is 0.287 e. The molecule has 0 aliphatic carbocycles. The number of hydrogen-bond donors (Lipinski definition) is 0. The van der Waals surface area contributed by atoms with Crippen molar-refractivity contribution in [2.45, 2.75) is 6.42 Å². The highest BCUT2D eigenvalue weighted by molar-refractivity contribution is 5.63. The van der Waals surface area contributed by atoms with Crippen molar-refractivity contribution in [3.63, 3.8) is 0 Å².